The van der Waals surface area contributed by atoms with Crippen molar-refractivity contribution in [3.05, 3.63) is 17.8 Å². The summed E-state index contributed by atoms with van der Waals surface area (Å²) in [6, 6.07) is 3.80. The van der Waals surface area contributed by atoms with Crippen LogP contribution in [0.15, 0.2) is 12.1 Å². The van der Waals surface area contributed by atoms with Gasteiger partial charge in [-0.25, -0.2) is 4.39 Å². The van der Waals surface area contributed by atoms with E-state index in [-0.39, 0.29) is 12.0 Å². The maximum absolute atomic E-state index is 13.4. The van der Waals surface area contributed by atoms with Crippen molar-refractivity contribution in [2.45, 2.75) is 44.9 Å². The third kappa shape index (κ3) is 2.77. The Morgan fingerprint density at radius 3 is 2.56 bits per heavy atom. The van der Waals surface area contributed by atoms with Gasteiger partial charge < -0.3 is 10.0 Å². The van der Waals surface area contributed by atoms with E-state index in [0.717, 1.165) is 5.69 Å². The molecule has 0 unspecified atom stereocenters. The van der Waals surface area contributed by atoms with Gasteiger partial charge in [0.15, 0.2) is 5.82 Å². The standard InChI is InChI=1S/C13H20FN3O/c1-13(2,3)11-4-5-12(16-15-11)17-7-6-10(18)9(14)8-17/h4-5,9-10,18H,6-8H2,1-3H3/t9-,10+/m1/s1. The third-order valence-corrected chi connectivity index (χ3v) is 3.25. The lowest BCUT2D eigenvalue weighted by Crippen LogP contribution is -2.45. The first-order valence-electron chi connectivity index (χ1n) is 6.29. The quantitative estimate of drug-likeness (QED) is 0.827. The second kappa shape index (κ2) is 4.80. The first kappa shape index (κ1) is 13.2. The van der Waals surface area contributed by atoms with Crippen molar-refractivity contribution in [2.75, 3.05) is 18.0 Å². The van der Waals surface area contributed by atoms with Crippen molar-refractivity contribution >= 4 is 5.82 Å². The Bertz CT molecular complexity index is 402. The Labute approximate surface area is 107 Å². The number of aromatic nitrogens is 2. The number of rotatable bonds is 1. The molecule has 18 heavy (non-hydrogen) atoms. The molecule has 0 bridgehead atoms. The van der Waals surface area contributed by atoms with Crippen LogP contribution in [0.3, 0.4) is 0 Å². The predicted octanol–water partition coefficient (Wildman–Crippen LogP) is 1.68. The van der Waals surface area contributed by atoms with E-state index in [1.54, 1.807) is 0 Å². The fraction of sp³-hybridized carbons (Fsp3) is 0.692. The second-order valence-electron chi connectivity index (χ2n) is 5.84. The summed E-state index contributed by atoms with van der Waals surface area (Å²) < 4.78 is 13.4. The van der Waals surface area contributed by atoms with E-state index in [1.807, 2.05) is 17.0 Å². The molecule has 4 nitrogen and oxygen atoms in total. The lowest BCUT2D eigenvalue weighted by Gasteiger charge is -2.32. The summed E-state index contributed by atoms with van der Waals surface area (Å²) >= 11 is 0. The molecule has 1 aromatic heterocycles. The summed E-state index contributed by atoms with van der Waals surface area (Å²) in [5.41, 5.74) is 0.881. The minimum atomic E-state index is -1.21. The number of aliphatic hydroxyl groups is 1. The average molecular weight is 253 g/mol. The van der Waals surface area contributed by atoms with Crippen LogP contribution >= 0.6 is 0 Å². The molecule has 0 radical (unpaired) electrons. The van der Waals surface area contributed by atoms with Crippen molar-refractivity contribution in [2.24, 2.45) is 0 Å². The molecule has 1 aromatic rings. The highest BCUT2D eigenvalue weighted by Crippen LogP contribution is 2.23. The summed E-state index contributed by atoms with van der Waals surface area (Å²) in [6.07, 6.45) is -1.62. The molecule has 0 spiro atoms. The highest BCUT2D eigenvalue weighted by molar-refractivity contribution is 5.39. The van der Waals surface area contributed by atoms with Crippen LogP contribution in [0.4, 0.5) is 10.2 Å². The van der Waals surface area contributed by atoms with E-state index in [9.17, 15) is 9.50 Å². The van der Waals surface area contributed by atoms with Crippen LogP contribution in [0.2, 0.25) is 0 Å². The van der Waals surface area contributed by atoms with E-state index >= 15 is 0 Å². The molecular weight excluding hydrogens is 233 g/mol. The zero-order chi connectivity index (χ0) is 13.3. The smallest absolute Gasteiger partial charge is 0.151 e. The minimum absolute atomic E-state index is 0.0355. The highest BCUT2D eigenvalue weighted by Gasteiger charge is 2.28. The molecule has 2 heterocycles. The Hall–Kier alpha value is -1.23. The van der Waals surface area contributed by atoms with Gasteiger partial charge in [0, 0.05) is 12.0 Å². The molecule has 0 saturated carbocycles. The van der Waals surface area contributed by atoms with Crippen molar-refractivity contribution in [1.82, 2.24) is 10.2 Å². The summed E-state index contributed by atoms with van der Waals surface area (Å²) in [4.78, 5) is 1.83. The van der Waals surface area contributed by atoms with E-state index < -0.39 is 12.3 Å². The van der Waals surface area contributed by atoms with Crippen LogP contribution in [-0.4, -0.2) is 40.7 Å². The van der Waals surface area contributed by atoms with E-state index in [4.69, 9.17) is 0 Å². The zero-order valence-electron chi connectivity index (χ0n) is 11.1. The van der Waals surface area contributed by atoms with Gasteiger partial charge in [-0.1, -0.05) is 20.8 Å². The Morgan fingerprint density at radius 2 is 2.06 bits per heavy atom. The normalized spacial score (nSPS) is 25.3. The monoisotopic (exact) mass is 253 g/mol. The highest BCUT2D eigenvalue weighted by atomic mass is 19.1. The van der Waals surface area contributed by atoms with Crippen LogP contribution in [-0.2, 0) is 5.41 Å². The number of halogens is 1. The number of aliphatic hydroxyl groups excluding tert-OH is 1. The lowest BCUT2D eigenvalue weighted by atomic mass is 9.92. The van der Waals surface area contributed by atoms with E-state index in [1.165, 1.54) is 0 Å². The van der Waals surface area contributed by atoms with Gasteiger partial charge in [0.05, 0.1) is 18.3 Å². The van der Waals surface area contributed by atoms with Crippen LogP contribution in [0.1, 0.15) is 32.9 Å². The molecule has 1 N–H and O–H groups in total. The maximum atomic E-state index is 13.4. The molecule has 2 rings (SSSR count). The summed E-state index contributed by atoms with van der Waals surface area (Å²) in [7, 11) is 0. The SMILES string of the molecule is CC(C)(C)c1ccc(N2CC[C@H](O)[C@H](F)C2)nn1. The number of piperidine rings is 1. The van der Waals surface area contributed by atoms with Gasteiger partial charge in [0.2, 0.25) is 0 Å². The van der Waals surface area contributed by atoms with E-state index in [0.29, 0.717) is 18.8 Å². The first-order chi connectivity index (χ1) is 8.38. The van der Waals surface area contributed by atoms with Gasteiger partial charge >= 0.3 is 0 Å². The van der Waals surface area contributed by atoms with Crippen LogP contribution in [0.25, 0.3) is 0 Å². The Morgan fingerprint density at radius 1 is 1.33 bits per heavy atom. The molecule has 5 heteroatoms. The lowest BCUT2D eigenvalue weighted by molar-refractivity contribution is 0.0613. The topological polar surface area (TPSA) is 49.2 Å². The van der Waals surface area contributed by atoms with Gasteiger partial charge in [-0.2, -0.15) is 5.10 Å². The summed E-state index contributed by atoms with van der Waals surface area (Å²) in [6.45, 7) is 7.03. The number of hydrogen-bond acceptors (Lipinski definition) is 4. The fourth-order valence-corrected chi connectivity index (χ4v) is 1.99. The fourth-order valence-electron chi connectivity index (χ4n) is 1.99. The van der Waals surface area contributed by atoms with Gasteiger partial charge in [0.1, 0.15) is 6.17 Å². The van der Waals surface area contributed by atoms with Crippen molar-refractivity contribution in [1.29, 1.82) is 0 Å². The van der Waals surface area contributed by atoms with Crippen LogP contribution in [0, 0.1) is 0 Å². The van der Waals surface area contributed by atoms with Crippen LogP contribution in [0.5, 0.6) is 0 Å². The Balaban J connectivity index is 2.11. The second-order valence-corrected chi connectivity index (χ2v) is 5.84. The molecule has 0 aliphatic carbocycles. The number of nitrogens with zero attached hydrogens (tertiary/aromatic N) is 3. The first-order valence-corrected chi connectivity index (χ1v) is 6.29. The average Bonchev–Trinajstić information content (AvgIpc) is 2.32. The number of anilines is 1. The molecule has 1 aliphatic rings. The van der Waals surface area contributed by atoms with Gasteiger partial charge in [-0.3, -0.25) is 0 Å². The third-order valence-electron chi connectivity index (χ3n) is 3.25. The van der Waals surface area contributed by atoms with Gasteiger partial charge in [-0.15, -0.1) is 5.10 Å². The minimum Gasteiger partial charge on any atom is -0.390 e. The largest absolute Gasteiger partial charge is 0.390 e. The summed E-state index contributed by atoms with van der Waals surface area (Å²) in [5, 5.41) is 17.7. The molecule has 1 aliphatic heterocycles. The van der Waals surface area contributed by atoms with Crippen molar-refractivity contribution < 1.29 is 9.50 Å². The molecule has 100 valence electrons. The van der Waals surface area contributed by atoms with Gasteiger partial charge in [0.25, 0.3) is 0 Å². The number of hydrogen-bond donors (Lipinski definition) is 1. The summed E-state index contributed by atoms with van der Waals surface area (Å²) in [5.74, 6) is 0.678. The van der Waals surface area contributed by atoms with Crippen LogP contribution < -0.4 is 4.90 Å². The van der Waals surface area contributed by atoms with Crippen molar-refractivity contribution in [3.63, 3.8) is 0 Å². The number of alkyl halides is 1. The van der Waals surface area contributed by atoms with Crippen molar-refractivity contribution in [3.8, 4) is 0 Å². The molecule has 0 aromatic carbocycles. The molecule has 1 saturated heterocycles. The predicted molar refractivity (Wildman–Crippen MR) is 68.5 cm³/mol. The Kier molecular flexibility index (Phi) is 3.52. The molecule has 1 fully saturated rings. The molecule has 2 atom stereocenters. The van der Waals surface area contributed by atoms with E-state index in [2.05, 4.69) is 31.0 Å². The van der Waals surface area contributed by atoms with Gasteiger partial charge in [-0.05, 0) is 18.6 Å². The zero-order valence-corrected chi connectivity index (χ0v) is 11.1. The molecular formula is C13H20FN3O. The maximum Gasteiger partial charge on any atom is 0.151 e. The molecule has 0 amide bonds.